The minimum Gasteiger partial charge on any atom is -0.200 e. The SMILES string of the molecule is CC(C)c1cc2nncn2nc1-c1ccccc1. The molecule has 3 aromatic rings. The molecular weight excluding hydrogens is 224 g/mol. The van der Waals surface area contributed by atoms with Crippen LogP contribution < -0.4 is 0 Å². The number of benzene rings is 1. The first-order chi connectivity index (χ1) is 8.75. The van der Waals surface area contributed by atoms with Crippen molar-refractivity contribution in [2.24, 2.45) is 0 Å². The number of nitrogens with zero attached hydrogens (tertiary/aromatic N) is 4. The molecule has 0 atom stereocenters. The monoisotopic (exact) mass is 238 g/mol. The molecule has 0 N–H and O–H groups in total. The molecule has 0 aliphatic rings. The fraction of sp³-hybridized carbons (Fsp3) is 0.214. The fourth-order valence-electron chi connectivity index (χ4n) is 2.04. The Labute approximate surface area is 105 Å². The highest BCUT2D eigenvalue weighted by Crippen LogP contribution is 2.27. The highest BCUT2D eigenvalue weighted by atomic mass is 15.3. The molecule has 0 bridgehead atoms. The van der Waals surface area contributed by atoms with Crippen LogP contribution in [0.2, 0.25) is 0 Å². The molecule has 0 amide bonds. The molecule has 2 aromatic heterocycles. The van der Waals surface area contributed by atoms with E-state index >= 15 is 0 Å². The summed E-state index contributed by atoms with van der Waals surface area (Å²) >= 11 is 0. The third-order valence-corrected chi connectivity index (χ3v) is 2.99. The van der Waals surface area contributed by atoms with Crippen molar-refractivity contribution in [2.45, 2.75) is 19.8 Å². The molecule has 0 radical (unpaired) electrons. The van der Waals surface area contributed by atoms with E-state index in [-0.39, 0.29) is 0 Å². The lowest BCUT2D eigenvalue weighted by molar-refractivity contribution is 0.834. The molecule has 4 heteroatoms. The van der Waals surface area contributed by atoms with Gasteiger partial charge in [0.1, 0.15) is 6.33 Å². The van der Waals surface area contributed by atoms with Gasteiger partial charge < -0.3 is 0 Å². The van der Waals surface area contributed by atoms with Crippen molar-refractivity contribution in [3.8, 4) is 11.3 Å². The van der Waals surface area contributed by atoms with Gasteiger partial charge in [0.2, 0.25) is 0 Å². The number of rotatable bonds is 2. The largest absolute Gasteiger partial charge is 0.200 e. The Hall–Kier alpha value is -2.23. The summed E-state index contributed by atoms with van der Waals surface area (Å²) in [4.78, 5) is 0. The predicted molar refractivity (Wildman–Crippen MR) is 70.3 cm³/mol. The van der Waals surface area contributed by atoms with Crippen molar-refractivity contribution in [1.29, 1.82) is 0 Å². The summed E-state index contributed by atoms with van der Waals surface area (Å²) in [6, 6.07) is 12.3. The Morgan fingerprint density at radius 1 is 1.11 bits per heavy atom. The predicted octanol–water partition coefficient (Wildman–Crippen LogP) is 2.91. The van der Waals surface area contributed by atoms with Crippen molar-refractivity contribution in [2.75, 3.05) is 0 Å². The van der Waals surface area contributed by atoms with Crippen LogP contribution >= 0.6 is 0 Å². The van der Waals surface area contributed by atoms with Crippen molar-refractivity contribution >= 4 is 5.65 Å². The van der Waals surface area contributed by atoms with E-state index in [2.05, 4.69) is 47.3 Å². The van der Waals surface area contributed by atoms with Gasteiger partial charge in [-0.3, -0.25) is 0 Å². The lowest BCUT2D eigenvalue weighted by Crippen LogP contribution is -2.01. The Morgan fingerprint density at radius 3 is 2.61 bits per heavy atom. The minimum atomic E-state index is 0.398. The van der Waals surface area contributed by atoms with E-state index < -0.39 is 0 Å². The second-order valence-electron chi connectivity index (χ2n) is 4.60. The Kier molecular flexibility index (Phi) is 2.55. The lowest BCUT2D eigenvalue weighted by Gasteiger charge is -2.11. The summed E-state index contributed by atoms with van der Waals surface area (Å²) in [5, 5.41) is 12.6. The maximum absolute atomic E-state index is 4.62. The van der Waals surface area contributed by atoms with Crippen LogP contribution in [-0.2, 0) is 0 Å². The molecule has 0 saturated heterocycles. The van der Waals surface area contributed by atoms with Crippen LogP contribution in [-0.4, -0.2) is 19.8 Å². The Bertz CT molecular complexity index is 671. The average molecular weight is 238 g/mol. The highest BCUT2D eigenvalue weighted by Gasteiger charge is 2.12. The maximum atomic E-state index is 4.62. The quantitative estimate of drug-likeness (QED) is 0.689. The number of fused-ring (bicyclic) bond motifs is 1. The second-order valence-corrected chi connectivity index (χ2v) is 4.60. The molecule has 0 fully saturated rings. The van der Waals surface area contributed by atoms with E-state index in [0.29, 0.717) is 5.92 Å². The van der Waals surface area contributed by atoms with Crippen LogP contribution in [0.25, 0.3) is 16.9 Å². The molecule has 18 heavy (non-hydrogen) atoms. The van der Waals surface area contributed by atoms with Crippen LogP contribution in [0.1, 0.15) is 25.3 Å². The first kappa shape index (κ1) is 10.9. The Morgan fingerprint density at radius 2 is 1.89 bits per heavy atom. The van der Waals surface area contributed by atoms with E-state index in [4.69, 9.17) is 0 Å². The van der Waals surface area contributed by atoms with Gasteiger partial charge in [-0.25, -0.2) is 0 Å². The molecule has 0 saturated carbocycles. The molecule has 0 spiro atoms. The van der Waals surface area contributed by atoms with Gasteiger partial charge in [-0.05, 0) is 17.5 Å². The van der Waals surface area contributed by atoms with E-state index in [1.165, 1.54) is 5.56 Å². The molecule has 2 heterocycles. The summed E-state index contributed by atoms with van der Waals surface area (Å²) < 4.78 is 1.72. The van der Waals surface area contributed by atoms with Gasteiger partial charge in [-0.15, -0.1) is 10.2 Å². The normalized spacial score (nSPS) is 11.3. The summed E-state index contributed by atoms with van der Waals surface area (Å²) in [6.07, 6.45) is 1.63. The number of hydrogen-bond acceptors (Lipinski definition) is 3. The van der Waals surface area contributed by atoms with Crippen LogP contribution in [0, 0.1) is 0 Å². The van der Waals surface area contributed by atoms with Gasteiger partial charge in [0, 0.05) is 5.56 Å². The zero-order valence-corrected chi connectivity index (χ0v) is 10.4. The zero-order chi connectivity index (χ0) is 12.5. The van der Waals surface area contributed by atoms with Crippen molar-refractivity contribution in [3.05, 3.63) is 48.3 Å². The molecular formula is C14H14N4. The van der Waals surface area contributed by atoms with E-state index in [0.717, 1.165) is 16.9 Å². The number of aromatic nitrogens is 4. The summed E-state index contributed by atoms with van der Waals surface area (Å²) in [5.74, 6) is 0.398. The van der Waals surface area contributed by atoms with Gasteiger partial charge in [0.15, 0.2) is 5.65 Å². The highest BCUT2D eigenvalue weighted by molar-refractivity contribution is 5.65. The molecule has 4 nitrogen and oxygen atoms in total. The van der Waals surface area contributed by atoms with Gasteiger partial charge in [-0.2, -0.15) is 9.61 Å². The molecule has 1 aromatic carbocycles. The average Bonchev–Trinajstić information content (AvgIpc) is 2.85. The van der Waals surface area contributed by atoms with E-state index in [1.54, 1.807) is 10.8 Å². The van der Waals surface area contributed by atoms with Gasteiger partial charge in [0.25, 0.3) is 0 Å². The lowest BCUT2D eigenvalue weighted by atomic mass is 9.98. The summed E-state index contributed by atoms with van der Waals surface area (Å²) in [6.45, 7) is 4.33. The van der Waals surface area contributed by atoms with Crippen LogP contribution in [0.3, 0.4) is 0 Å². The Balaban J connectivity index is 2.28. The van der Waals surface area contributed by atoms with Gasteiger partial charge in [0.05, 0.1) is 5.69 Å². The first-order valence-corrected chi connectivity index (χ1v) is 6.02. The molecule has 0 aliphatic carbocycles. The minimum absolute atomic E-state index is 0.398. The number of hydrogen-bond donors (Lipinski definition) is 0. The van der Waals surface area contributed by atoms with Gasteiger partial charge in [-0.1, -0.05) is 44.2 Å². The smallest absolute Gasteiger partial charge is 0.177 e. The molecule has 3 rings (SSSR count). The topological polar surface area (TPSA) is 43.1 Å². The maximum Gasteiger partial charge on any atom is 0.177 e. The van der Waals surface area contributed by atoms with Crippen LogP contribution in [0.5, 0.6) is 0 Å². The van der Waals surface area contributed by atoms with Crippen LogP contribution in [0.4, 0.5) is 0 Å². The fourth-order valence-corrected chi connectivity index (χ4v) is 2.04. The third kappa shape index (κ3) is 1.76. The molecule has 90 valence electrons. The third-order valence-electron chi connectivity index (χ3n) is 2.99. The molecule has 0 aliphatic heterocycles. The van der Waals surface area contributed by atoms with Crippen molar-refractivity contribution < 1.29 is 0 Å². The van der Waals surface area contributed by atoms with Crippen molar-refractivity contribution in [1.82, 2.24) is 19.8 Å². The van der Waals surface area contributed by atoms with Crippen LogP contribution in [0.15, 0.2) is 42.7 Å². The molecule has 0 unspecified atom stereocenters. The zero-order valence-electron chi connectivity index (χ0n) is 10.4. The first-order valence-electron chi connectivity index (χ1n) is 6.02. The summed E-state index contributed by atoms with van der Waals surface area (Å²) in [7, 11) is 0. The van der Waals surface area contributed by atoms with E-state index in [9.17, 15) is 0 Å². The van der Waals surface area contributed by atoms with Gasteiger partial charge >= 0.3 is 0 Å². The van der Waals surface area contributed by atoms with Crippen molar-refractivity contribution in [3.63, 3.8) is 0 Å². The second kappa shape index (κ2) is 4.22. The van der Waals surface area contributed by atoms with E-state index in [1.807, 2.05) is 18.2 Å². The summed E-state index contributed by atoms with van der Waals surface area (Å²) in [5.41, 5.74) is 4.11. The standard InChI is InChI=1S/C14H14N4/c1-10(2)12-8-13-16-15-9-18(13)17-14(12)11-6-4-3-5-7-11/h3-10H,1-2H3.